The van der Waals surface area contributed by atoms with E-state index >= 15 is 0 Å². The summed E-state index contributed by atoms with van der Waals surface area (Å²) in [6, 6.07) is 2.15. The van der Waals surface area contributed by atoms with Crippen LogP contribution in [0.15, 0.2) is 12.3 Å². The van der Waals surface area contributed by atoms with Gasteiger partial charge in [0.15, 0.2) is 0 Å². The minimum absolute atomic E-state index is 0.724. The summed E-state index contributed by atoms with van der Waals surface area (Å²) in [7, 11) is 3.70. The summed E-state index contributed by atoms with van der Waals surface area (Å²) in [4.78, 5) is 0. The van der Waals surface area contributed by atoms with Gasteiger partial charge in [-0.05, 0) is 19.4 Å². The summed E-state index contributed by atoms with van der Waals surface area (Å²) in [6.07, 6.45) is 3.06. The minimum Gasteiger partial charge on any atom is -0.383 e. The molecule has 6 heteroatoms. The maximum Gasteiger partial charge on any atom is 0.0828 e. The van der Waals surface area contributed by atoms with Gasteiger partial charge in [0.05, 0.1) is 30.2 Å². The zero-order chi connectivity index (χ0) is 15.2. The molecule has 6 nitrogen and oxygen atoms in total. The molecule has 0 fully saturated rings. The number of rotatable bonds is 8. The molecule has 0 radical (unpaired) electrons. The molecule has 2 heterocycles. The van der Waals surface area contributed by atoms with Crippen LogP contribution in [-0.2, 0) is 31.3 Å². The van der Waals surface area contributed by atoms with Crippen LogP contribution in [0.2, 0.25) is 0 Å². The second-order valence-corrected chi connectivity index (χ2v) is 5.21. The van der Waals surface area contributed by atoms with E-state index in [1.54, 1.807) is 7.11 Å². The predicted octanol–water partition coefficient (Wildman–Crippen LogP) is 1.27. The predicted molar refractivity (Wildman–Crippen MR) is 82.2 cm³/mol. The lowest BCUT2D eigenvalue weighted by Crippen LogP contribution is -2.18. The van der Waals surface area contributed by atoms with E-state index in [1.165, 1.54) is 11.3 Å². The van der Waals surface area contributed by atoms with Crippen LogP contribution in [0, 0.1) is 6.92 Å². The molecule has 2 aromatic heterocycles. The number of nitrogens with one attached hydrogen (secondary N) is 1. The van der Waals surface area contributed by atoms with Crippen molar-refractivity contribution in [1.29, 1.82) is 0 Å². The van der Waals surface area contributed by atoms with Crippen molar-refractivity contribution in [2.75, 3.05) is 20.3 Å². The van der Waals surface area contributed by atoms with Crippen LogP contribution >= 0.6 is 0 Å². The van der Waals surface area contributed by atoms with Gasteiger partial charge in [0.1, 0.15) is 0 Å². The Hall–Kier alpha value is -1.66. The number of nitrogens with zero attached hydrogens (tertiary/aromatic N) is 4. The molecule has 0 saturated heterocycles. The Labute approximate surface area is 126 Å². The molecule has 0 bridgehead atoms. The highest BCUT2D eigenvalue weighted by Crippen LogP contribution is 2.09. The lowest BCUT2D eigenvalue weighted by molar-refractivity contribution is 0.199. The van der Waals surface area contributed by atoms with Crippen LogP contribution in [0.4, 0.5) is 0 Å². The van der Waals surface area contributed by atoms with Crippen molar-refractivity contribution < 1.29 is 4.74 Å². The quantitative estimate of drug-likeness (QED) is 0.744. The highest BCUT2D eigenvalue weighted by molar-refractivity contribution is 5.17. The van der Waals surface area contributed by atoms with E-state index in [1.807, 2.05) is 23.3 Å². The molecule has 0 atom stereocenters. The first-order valence-corrected chi connectivity index (χ1v) is 7.38. The Bertz CT molecular complexity index is 573. The third kappa shape index (κ3) is 4.15. The first-order chi connectivity index (χ1) is 10.1. The summed E-state index contributed by atoms with van der Waals surface area (Å²) in [5.74, 6) is 0. The first kappa shape index (κ1) is 15.7. The van der Waals surface area contributed by atoms with Gasteiger partial charge in [-0.3, -0.25) is 9.36 Å². The zero-order valence-corrected chi connectivity index (χ0v) is 13.4. The molecular weight excluding hydrogens is 266 g/mol. The highest BCUT2D eigenvalue weighted by atomic mass is 16.5. The number of hydrogen-bond donors (Lipinski definition) is 1. The van der Waals surface area contributed by atoms with E-state index in [0.29, 0.717) is 0 Å². The summed E-state index contributed by atoms with van der Waals surface area (Å²) in [6.45, 7) is 7.31. The molecule has 0 aliphatic heterocycles. The number of methoxy groups -OCH3 is 1. The fourth-order valence-corrected chi connectivity index (χ4v) is 2.27. The van der Waals surface area contributed by atoms with Crippen LogP contribution in [0.25, 0.3) is 0 Å². The molecule has 0 saturated carbocycles. The van der Waals surface area contributed by atoms with E-state index in [2.05, 4.69) is 34.7 Å². The Morgan fingerprint density at radius 1 is 1.33 bits per heavy atom. The van der Waals surface area contributed by atoms with Crippen LogP contribution in [-0.4, -0.2) is 39.8 Å². The zero-order valence-electron chi connectivity index (χ0n) is 13.4. The summed E-state index contributed by atoms with van der Waals surface area (Å²) in [5.41, 5.74) is 4.59. The normalized spacial score (nSPS) is 11.2. The molecular formula is C15H25N5O. The van der Waals surface area contributed by atoms with Gasteiger partial charge in [-0.2, -0.15) is 10.2 Å². The van der Waals surface area contributed by atoms with Gasteiger partial charge in [-0.15, -0.1) is 0 Å². The fourth-order valence-electron chi connectivity index (χ4n) is 2.27. The van der Waals surface area contributed by atoms with Crippen LogP contribution in [0.5, 0.6) is 0 Å². The number of ether oxygens (including phenoxy) is 1. The number of hydrogen-bond acceptors (Lipinski definition) is 4. The van der Waals surface area contributed by atoms with Crippen molar-refractivity contribution in [3.8, 4) is 0 Å². The summed E-state index contributed by atoms with van der Waals surface area (Å²) < 4.78 is 8.95. The van der Waals surface area contributed by atoms with Crippen molar-refractivity contribution in [2.24, 2.45) is 7.05 Å². The fraction of sp³-hybridized carbons (Fsp3) is 0.600. The van der Waals surface area contributed by atoms with E-state index in [-0.39, 0.29) is 0 Å². The molecule has 21 heavy (non-hydrogen) atoms. The smallest absolute Gasteiger partial charge is 0.0828 e. The van der Waals surface area contributed by atoms with Crippen molar-refractivity contribution in [3.63, 3.8) is 0 Å². The third-order valence-corrected chi connectivity index (χ3v) is 3.56. The van der Waals surface area contributed by atoms with Gasteiger partial charge < -0.3 is 10.1 Å². The molecule has 2 rings (SSSR count). The molecule has 0 spiro atoms. The number of aryl methyl sites for hydroxylation is 3. The average Bonchev–Trinajstić information content (AvgIpc) is 2.99. The molecule has 2 aromatic rings. The highest BCUT2D eigenvalue weighted by Gasteiger charge is 2.08. The van der Waals surface area contributed by atoms with Crippen molar-refractivity contribution >= 4 is 0 Å². The van der Waals surface area contributed by atoms with Gasteiger partial charge in [0, 0.05) is 39.0 Å². The molecule has 116 valence electrons. The maximum absolute atomic E-state index is 5.03. The molecule has 0 unspecified atom stereocenters. The largest absolute Gasteiger partial charge is 0.383 e. The SMILES string of the molecule is CCc1cc(Cn2cc(CNCCOC)c(C)n2)n(C)n1. The minimum atomic E-state index is 0.724. The van der Waals surface area contributed by atoms with Gasteiger partial charge in [-0.25, -0.2) is 0 Å². The Morgan fingerprint density at radius 2 is 2.14 bits per heavy atom. The van der Waals surface area contributed by atoms with E-state index in [4.69, 9.17) is 4.74 Å². The average molecular weight is 291 g/mol. The Balaban J connectivity index is 1.99. The summed E-state index contributed by atoms with van der Waals surface area (Å²) >= 11 is 0. The second-order valence-electron chi connectivity index (χ2n) is 5.21. The third-order valence-electron chi connectivity index (χ3n) is 3.56. The first-order valence-electron chi connectivity index (χ1n) is 7.38. The van der Waals surface area contributed by atoms with Gasteiger partial charge in [0.2, 0.25) is 0 Å². The van der Waals surface area contributed by atoms with E-state index in [9.17, 15) is 0 Å². The van der Waals surface area contributed by atoms with E-state index in [0.717, 1.165) is 44.0 Å². The lowest BCUT2D eigenvalue weighted by Gasteiger charge is -2.02. The Morgan fingerprint density at radius 3 is 2.81 bits per heavy atom. The monoisotopic (exact) mass is 291 g/mol. The Kier molecular flexibility index (Phi) is 5.52. The number of aromatic nitrogens is 4. The van der Waals surface area contributed by atoms with Crippen molar-refractivity contribution in [3.05, 3.63) is 34.9 Å². The molecule has 0 aliphatic rings. The standard InChI is InChI=1S/C15H25N5O/c1-5-14-8-15(19(3)18-14)11-20-10-13(12(2)17-20)9-16-6-7-21-4/h8,10,16H,5-7,9,11H2,1-4H3. The second kappa shape index (κ2) is 7.38. The van der Waals surface area contributed by atoms with Gasteiger partial charge in [-0.1, -0.05) is 6.92 Å². The van der Waals surface area contributed by atoms with Crippen molar-refractivity contribution in [2.45, 2.75) is 33.4 Å². The van der Waals surface area contributed by atoms with Crippen molar-refractivity contribution in [1.82, 2.24) is 24.9 Å². The lowest BCUT2D eigenvalue weighted by atomic mass is 10.2. The topological polar surface area (TPSA) is 56.9 Å². The van der Waals surface area contributed by atoms with E-state index < -0.39 is 0 Å². The molecule has 0 amide bonds. The van der Waals surface area contributed by atoms with Gasteiger partial charge in [0.25, 0.3) is 0 Å². The molecule has 1 N–H and O–H groups in total. The van der Waals surface area contributed by atoms with Crippen LogP contribution in [0.1, 0.15) is 29.6 Å². The molecule has 0 aromatic carbocycles. The maximum atomic E-state index is 5.03. The van der Waals surface area contributed by atoms with Gasteiger partial charge >= 0.3 is 0 Å². The molecule has 0 aliphatic carbocycles. The summed E-state index contributed by atoms with van der Waals surface area (Å²) in [5, 5.41) is 12.4. The van der Waals surface area contributed by atoms with Crippen LogP contribution in [0.3, 0.4) is 0 Å². The van der Waals surface area contributed by atoms with Crippen LogP contribution < -0.4 is 5.32 Å².